The molecule has 0 aromatic rings. The van der Waals surface area contributed by atoms with Crippen LogP contribution in [0.4, 0.5) is 0 Å². The molecule has 0 bridgehead atoms. The Hall–Kier alpha value is -0.120. The maximum atomic E-state index is 5.61. The molecule has 0 saturated carbocycles. The smallest absolute Gasteiger partial charge is 0.0621 e. The molecule has 16 heavy (non-hydrogen) atoms. The molecule has 2 unspecified atom stereocenters. The van der Waals surface area contributed by atoms with Crippen LogP contribution in [0.1, 0.15) is 39.0 Å². The van der Waals surface area contributed by atoms with Crippen molar-refractivity contribution in [3.05, 3.63) is 0 Å². The Morgan fingerprint density at radius 2 is 2.25 bits per heavy atom. The van der Waals surface area contributed by atoms with Crippen LogP contribution in [-0.2, 0) is 4.74 Å². The molecular formula is C13H26N2O. The summed E-state index contributed by atoms with van der Waals surface area (Å²) in [7, 11) is 0. The van der Waals surface area contributed by atoms with Gasteiger partial charge < -0.3 is 10.1 Å². The van der Waals surface area contributed by atoms with Gasteiger partial charge in [-0.3, -0.25) is 4.90 Å². The molecule has 2 heterocycles. The minimum absolute atomic E-state index is 0.677. The van der Waals surface area contributed by atoms with Crippen molar-refractivity contribution in [3.8, 4) is 0 Å². The van der Waals surface area contributed by atoms with E-state index < -0.39 is 0 Å². The summed E-state index contributed by atoms with van der Waals surface area (Å²) in [5.41, 5.74) is 0. The minimum Gasteiger partial charge on any atom is -0.380 e. The number of rotatable bonds is 5. The van der Waals surface area contributed by atoms with Gasteiger partial charge in [0.05, 0.1) is 6.61 Å². The van der Waals surface area contributed by atoms with Gasteiger partial charge in [-0.25, -0.2) is 0 Å². The first-order chi connectivity index (χ1) is 7.90. The monoisotopic (exact) mass is 226 g/mol. The SMILES string of the molecule is CCCN(CC1CCCN1)C1CCCOC1. The second-order valence-electron chi connectivity index (χ2n) is 5.16. The Morgan fingerprint density at radius 3 is 2.88 bits per heavy atom. The Labute approximate surface area is 99.5 Å². The van der Waals surface area contributed by atoms with E-state index in [0.717, 1.165) is 19.3 Å². The molecule has 2 rings (SSSR count). The van der Waals surface area contributed by atoms with E-state index in [-0.39, 0.29) is 0 Å². The Bertz CT molecular complexity index is 186. The Morgan fingerprint density at radius 1 is 1.31 bits per heavy atom. The highest BCUT2D eigenvalue weighted by atomic mass is 16.5. The highest BCUT2D eigenvalue weighted by Crippen LogP contribution is 2.16. The summed E-state index contributed by atoms with van der Waals surface area (Å²) in [5, 5.41) is 3.60. The first-order valence-electron chi connectivity index (χ1n) is 6.95. The average molecular weight is 226 g/mol. The molecule has 0 amide bonds. The zero-order valence-electron chi connectivity index (χ0n) is 10.6. The Kier molecular flexibility index (Phi) is 5.07. The van der Waals surface area contributed by atoms with Gasteiger partial charge in [-0.2, -0.15) is 0 Å². The van der Waals surface area contributed by atoms with E-state index in [1.54, 1.807) is 0 Å². The van der Waals surface area contributed by atoms with Crippen LogP contribution in [0.2, 0.25) is 0 Å². The van der Waals surface area contributed by atoms with Crippen LogP contribution in [0.3, 0.4) is 0 Å². The molecule has 0 aliphatic carbocycles. The molecule has 0 radical (unpaired) electrons. The van der Waals surface area contributed by atoms with Crippen molar-refractivity contribution in [2.45, 2.75) is 51.1 Å². The normalized spacial score (nSPS) is 31.1. The molecule has 2 aliphatic heterocycles. The first kappa shape index (κ1) is 12.3. The van der Waals surface area contributed by atoms with Gasteiger partial charge in [0.2, 0.25) is 0 Å². The maximum absolute atomic E-state index is 5.61. The predicted molar refractivity (Wildman–Crippen MR) is 66.7 cm³/mol. The molecule has 2 fully saturated rings. The van der Waals surface area contributed by atoms with Gasteiger partial charge >= 0.3 is 0 Å². The fourth-order valence-corrected chi connectivity index (χ4v) is 2.92. The van der Waals surface area contributed by atoms with Crippen LogP contribution in [0, 0.1) is 0 Å². The van der Waals surface area contributed by atoms with Crippen LogP contribution in [0.5, 0.6) is 0 Å². The summed E-state index contributed by atoms with van der Waals surface area (Å²) < 4.78 is 5.61. The molecule has 0 spiro atoms. The molecule has 3 nitrogen and oxygen atoms in total. The lowest BCUT2D eigenvalue weighted by atomic mass is 10.1. The molecule has 94 valence electrons. The van der Waals surface area contributed by atoms with Gasteiger partial charge in [-0.1, -0.05) is 6.92 Å². The molecule has 3 heteroatoms. The summed E-state index contributed by atoms with van der Waals surface area (Å²) in [5.74, 6) is 0. The molecular weight excluding hydrogens is 200 g/mol. The van der Waals surface area contributed by atoms with Crippen LogP contribution in [0.15, 0.2) is 0 Å². The summed E-state index contributed by atoms with van der Waals surface area (Å²) in [4.78, 5) is 2.65. The maximum Gasteiger partial charge on any atom is 0.0621 e. The predicted octanol–water partition coefficient (Wildman–Crippen LogP) is 1.63. The summed E-state index contributed by atoms with van der Waals surface area (Å²) in [6.07, 6.45) is 6.53. The van der Waals surface area contributed by atoms with Gasteiger partial charge in [0.25, 0.3) is 0 Å². The van der Waals surface area contributed by atoms with Crippen molar-refractivity contribution in [2.24, 2.45) is 0 Å². The van der Waals surface area contributed by atoms with E-state index in [4.69, 9.17) is 4.74 Å². The van der Waals surface area contributed by atoms with Gasteiger partial charge in [-0.05, 0) is 45.2 Å². The zero-order valence-corrected chi connectivity index (χ0v) is 10.6. The van der Waals surface area contributed by atoms with Gasteiger partial charge in [0.1, 0.15) is 0 Å². The standard InChI is InChI=1S/C13H26N2O/c1-2-8-15(10-12-5-3-7-14-12)13-6-4-9-16-11-13/h12-14H,2-11H2,1H3. The van der Waals surface area contributed by atoms with E-state index >= 15 is 0 Å². The van der Waals surface area contributed by atoms with Gasteiger partial charge in [-0.15, -0.1) is 0 Å². The van der Waals surface area contributed by atoms with E-state index in [2.05, 4.69) is 17.1 Å². The third-order valence-corrected chi connectivity index (χ3v) is 3.78. The molecule has 0 aromatic heterocycles. The van der Waals surface area contributed by atoms with Crippen molar-refractivity contribution in [3.63, 3.8) is 0 Å². The summed E-state index contributed by atoms with van der Waals surface area (Å²) in [6, 6.07) is 1.41. The lowest BCUT2D eigenvalue weighted by molar-refractivity contribution is 0.0150. The zero-order chi connectivity index (χ0) is 11.2. The number of nitrogens with one attached hydrogen (secondary N) is 1. The third kappa shape index (κ3) is 3.44. The van der Waals surface area contributed by atoms with Crippen molar-refractivity contribution < 1.29 is 4.74 Å². The van der Waals surface area contributed by atoms with Crippen LogP contribution >= 0.6 is 0 Å². The average Bonchev–Trinajstić information content (AvgIpc) is 2.83. The molecule has 1 N–H and O–H groups in total. The van der Waals surface area contributed by atoms with Gasteiger partial charge in [0, 0.05) is 25.2 Å². The van der Waals surface area contributed by atoms with Crippen molar-refractivity contribution in [2.75, 3.05) is 32.8 Å². The van der Waals surface area contributed by atoms with Crippen LogP contribution < -0.4 is 5.32 Å². The first-order valence-corrected chi connectivity index (χ1v) is 6.95. The number of ether oxygens (including phenoxy) is 1. The Balaban J connectivity index is 1.82. The summed E-state index contributed by atoms with van der Waals surface area (Å²) in [6.45, 7) is 7.86. The van der Waals surface area contributed by atoms with Crippen molar-refractivity contribution >= 4 is 0 Å². The molecule has 0 aromatic carbocycles. The van der Waals surface area contributed by atoms with Crippen molar-refractivity contribution in [1.82, 2.24) is 10.2 Å². The lowest BCUT2D eigenvalue weighted by Gasteiger charge is -2.35. The largest absolute Gasteiger partial charge is 0.380 e. The highest BCUT2D eigenvalue weighted by Gasteiger charge is 2.24. The molecule has 2 aliphatic rings. The second-order valence-corrected chi connectivity index (χ2v) is 5.16. The topological polar surface area (TPSA) is 24.5 Å². The van der Waals surface area contributed by atoms with E-state index in [1.165, 1.54) is 51.7 Å². The highest BCUT2D eigenvalue weighted by molar-refractivity contribution is 4.82. The quantitative estimate of drug-likeness (QED) is 0.771. The fraction of sp³-hybridized carbons (Fsp3) is 1.00. The number of hydrogen-bond donors (Lipinski definition) is 1. The second kappa shape index (κ2) is 6.58. The van der Waals surface area contributed by atoms with E-state index in [9.17, 15) is 0 Å². The lowest BCUT2D eigenvalue weighted by Crippen LogP contribution is -2.47. The number of nitrogens with zero attached hydrogens (tertiary/aromatic N) is 1. The van der Waals surface area contributed by atoms with Crippen molar-refractivity contribution in [1.29, 1.82) is 0 Å². The molecule has 2 saturated heterocycles. The van der Waals surface area contributed by atoms with Crippen LogP contribution in [-0.4, -0.2) is 49.8 Å². The minimum atomic E-state index is 0.677. The number of hydrogen-bond acceptors (Lipinski definition) is 3. The third-order valence-electron chi connectivity index (χ3n) is 3.78. The summed E-state index contributed by atoms with van der Waals surface area (Å²) >= 11 is 0. The van der Waals surface area contributed by atoms with Crippen LogP contribution in [0.25, 0.3) is 0 Å². The van der Waals surface area contributed by atoms with E-state index in [0.29, 0.717) is 6.04 Å². The van der Waals surface area contributed by atoms with E-state index in [1.807, 2.05) is 0 Å². The van der Waals surface area contributed by atoms with Gasteiger partial charge in [0.15, 0.2) is 0 Å². The fourth-order valence-electron chi connectivity index (χ4n) is 2.92. The molecule has 2 atom stereocenters.